The predicted molar refractivity (Wildman–Crippen MR) is 88.6 cm³/mol. The Labute approximate surface area is 125 Å². The fourth-order valence-electron chi connectivity index (χ4n) is 2.70. The zero-order valence-electron chi connectivity index (χ0n) is 11.4. The van der Waals surface area contributed by atoms with Crippen LogP contribution in [0.2, 0.25) is 0 Å². The van der Waals surface area contributed by atoms with Crippen molar-refractivity contribution < 1.29 is 4.57 Å². The number of fused-ring (bicyclic) bond motifs is 3. The molecule has 2 aromatic carbocycles. The highest BCUT2D eigenvalue weighted by Gasteiger charge is 2.23. The molecule has 2 aromatic heterocycles. The van der Waals surface area contributed by atoms with Crippen molar-refractivity contribution in [1.29, 1.82) is 0 Å². The van der Waals surface area contributed by atoms with Crippen LogP contribution in [0.5, 0.6) is 0 Å². The third-order valence-electron chi connectivity index (χ3n) is 3.74. The van der Waals surface area contributed by atoms with E-state index in [-0.39, 0.29) is 0 Å². The average Bonchev–Trinajstić information content (AvgIpc) is 2.97. The molecule has 0 bridgehead atoms. The normalized spacial score (nSPS) is 11.5. The number of aromatic nitrogens is 1. The standard InChI is InChI=1S/C17H14NS2/c1-11-7-3-4-8-12(11)16-18(2)15-13-9-5-6-10-14(13)19-17(15)20-16/h3-10H,1-2H3/q+1. The van der Waals surface area contributed by atoms with Crippen molar-refractivity contribution in [2.24, 2.45) is 7.05 Å². The lowest BCUT2D eigenvalue weighted by molar-refractivity contribution is -0.628. The predicted octanol–water partition coefficient (Wildman–Crippen LogP) is 4.92. The number of rotatable bonds is 1. The molecule has 0 spiro atoms. The molecule has 0 saturated heterocycles. The van der Waals surface area contributed by atoms with Gasteiger partial charge in [0.25, 0.3) is 5.01 Å². The van der Waals surface area contributed by atoms with Gasteiger partial charge < -0.3 is 0 Å². The fraction of sp³-hybridized carbons (Fsp3) is 0.118. The van der Waals surface area contributed by atoms with Gasteiger partial charge >= 0.3 is 0 Å². The second-order valence-corrected chi connectivity index (χ2v) is 7.33. The van der Waals surface area contributed by atoms with Gasteiger partial charge in [0, 0.05) is 4.70 Å². The number of benzene rings is 2. The number of hydrogen-bond donors (Lipinski definition) is 0. The number of aryl methyl sites for hydroxylation is 2. The fourth-order valence-corrected chi connectivity index (χ4v) is 5.43. The van der Waals surface area contributed by atoms with Gasteiger partial charge in [-0.1, -0.05) is 41.7 Å². The molecule has 98 valence electrons. The molecule has 0 atom stereocenters. The van der Waals surface area contributed by atoms with Crippen LogP contribution in [0.25, 0.3) is 30.2 Å². The lowest BCUT2D eigenvalue weighted by atomic mass is 10.1. The molecule has 3 heteroatoms. The number of thiazole rings is 1. The van der Waals surface area contributed by atoms with Gasteiger partial charge in [-0.3, -0.25) is 0 Å². The molecule has 0 fully saturated rings. The molecule has 1 nitrogen and oxygen atoms in total. The minimum absolute atomic E-state index is 1.33. The molecule has 0 aliphatic rings. The van der Waals surface area contributed by atoms with Gasteiger partial charge in [0.15, 0.2) is 4.01 Å². The lowest BCUT2D eigenvalue weighted by Gasteiger charge is -1.99. The van der Waals surface area contributed by atoms with Gasteiger partial charge in [-0.25, -0.2) is 0 Å². The minimum Gasteiger partial charge on any atom is -0.183 e. The summed E-state index contributed by atoms with van der Waals surface area (Å²) in [6.07, 6.45) is 0. The topological polar surface area (TPSA) is 3.88 Å². The van der Waals surface area contributed by atoms with Crippen LogP contribution in [-0.2, 0) is 7.05 Å². The Hall–Kier alpha value is -1.71. The largest absolute Gasteiger partial charge is 0.270 e. The Bertz CT molecular complexity index is 931. The van der Waals surface area contributed by atoms with Gasteiger partial charge in [-0.05, 0) is 30.7 Å². The zero-order chi connectivity index (χ0) is 13.7. The van der Waals surface area contributed by atoms with E-state index in [4.69, 9.17) is 0 Å². The summed E-state index contributed by atoms with van der Waals surface area (Å²) in [6, 6.07) is 17.3. The van der Waals surface area contributed by atoms with Crippen molar-refractivity contribution >= 4 is 42.3 Å². The summed E-state index contributed by atoms with van der Waals surface area (Å²) >= 11 is 3.79. The smallest absolute Gasteiger partial charge is 0.183 e. The lowest BCUT2D eigenvalue weighted by Crippen LogP contribution is -2.28. The Kier molecular flexibility index (Phi) is 2.65. The minimum atomic E-state index is 1.33. The summed E-state index contributed by atoms with van der Waals surface area (Å²) < 4.78 is 5.13. The van der Waals surface area contributed by atoms with Crippen LogP contribution >= 0.6 is 22.7 Å². The molecule has 0 aliphatic carbocycles. The Morgan fingerprint density at radius 1 is 0.900 bits per heavy atom. The van der Waals surface area contributed by atoms with Crippen molar-refractivity contribution in [3.8, 4) is 10.6 Å². The maximum atomic E-state index is 2.35. The van der Waals surface area contributed by atoms with Gasteiger partial charge in [-0.15, -0.1) is 11.3 Å². The monoisotopic (exact) mass is 296 g/mol. The summed E-state index contributed by atoms with van der Waals surface area (Å²) in [5.74, 6) is 0. The molecule has 0 radical (unpaired) electrons. The SMILES string of the molecule is Cc1ccccc1-c1sc2sc3ccccc3c2[n+]1C. The van der Waals surface area contributed by atoms with E-state index in [0.29, 0.717) is 0 Å². The van der Waals surface area contributed by atoms with Crippen molar-refractivity contribution in [3.05, 3.63) is 54.1 Å². The van der Waals surface area contributed by atoms with E-state index in [1.165, 1.54) is 35.8 Å². The third-order valence-corrected chi connectivity index (χ3v) is 6.26. The average molecular weight is 296 g/mol. The maximum Gasteiger partial charge on any atom is 0.270 e. The molecule has 4 aromatic rings. The highest BCUT2D eigenvalue weighted by atomic mass is 32.2. The Morgan fingerprint density at radius 3 is 2.50 bits per heavy atom. The van der Waals surface area contributed by atoms with Crippen LogP contribution in [0.4, 0.5) is 0 Å². The molecule has 4 rings (SSSR count). The third kappa shape index (κ3) is 1.63. The van der Waals surface area contributed by atoms with E-state index in [2.05, 4.69) is 67.1 Å². The molecular formula is C17H14NS2+. The van der Waals surface area contributed by atoms with Crippen molar-refractivity contribution in [1.82, 2.24) is 0 Å². The van der Waals surface area contributed by atoms with E-state index in [1.54, 1.807) is 0 Å². The first-order valence-electron chi connectivity index (χ1n) is 6.62. The summed E-state index contributed by atoms with van der Waals surface area (Å²) in [5.41, 5.74) is 4.04. The highest BCUT2D eigenvalue weighted by Crippen LogP contribution is 2.39. The molecule has 0 aliphatic heterocycles. The number of hydrogen-bond acceptors (Lipinski definition) is 2. The first kappa shape index (κ1) is 12.1. The van der Waals surface area contributed by atoms with E-state index in [9.17, 15) is 0 Å². The van der Waals surface area contributed by atoms with Crippen LogP contribution in [0.3, 0.4) is 0 Å². The van der Waals surface area contributed by atoms with Crippen molar-refractivity contribution in [2.45, 2.75) is 6.92 Å². The second kappa shape index (κ2) is 4.40. The van der Waals surface area contributed by atoms with E-state index >= 15 is 0 Å². The van der Waals surface area contributed by atoms with Gasteiger partial charge in [-0.2, -0.15) is 4.57 Å². The van der Waals surface area contributed by atoms with Crippen molar-refractivity contribution in [2.75, 3.05) is 0 Å². The van der Waals surface area contributed by atoms with Crippen LogP contribution in [0.1, 0.15) is 5.56 Å². The summed E-state index contributed by atoms with van der Waals surface area (Å²) in [7, 11) is 2.18. The summed E-state index contributed by atoms with van der Waals surface area (Å²) in [6.45, 7) is 2.18. The Balaban J connectivity index is 2.08. The summed E-state index contributed by atoms with van der Waals surface area (Å²) in [4.78, 5) is 0. The molecule has 0 amide bonds. The molecule has 20 heavy (non-hydrogen) atoms. The van der Waals surface area contributed by atoms with Gasteiger partial charge in [0.1, 0.15) is 7.05 Å². The number of thiophene rings is 1. The first-order chi connectivity index (χ1) is 9.75. The van der Waals surface area contributed by atoms with Crippen LogP contribution in [0.15, 0.2) is 48.5 Å². The maximum absolute atomic E-state index is 2.35. The molecule has 0 unspecified atom stereocenters. The van der Waals surface area contributed by atoms with Crippen molar-refractivity contribution in [3.63, 3.8) is 0 Å². The molecule has 0 saturated carbocycles. The van der Waals surface area contributed by atoms with Crippen LogP contribution < -0.4 is 4.57 Å². The van der Waals surface area contributed by atoms with E-state index < -0.39 is 0 Å². The summed E-state index contributed by atoms with van der Waals surface area (Å²) in [5, 5.41) is 2.71. The quantitative estimate of drug-likeness (QED) is 0.439. The molecule has 0 N–H and O–H groups in total. The van der Waals surface area contributed by atoms with Gasteiger partial charge in [0.2, 0.25) is 5.52 Å². The van der Waals surface area contributed by atoms with Crippen LogP contribution in [0, 0.1) is 6.92 Å². The second-order valence-electron chi connectivity index (χ2n) is 5.02. The Morgan fingerprint density at radius 2 is 1.65 bits per heavy atom. The van der Waals surface area contributed by atoms with E-state index in [0.717, 1.165) is 0 Å². The molecule has 2 heterocycles. The highest BCUT2D eigenvalue weighted by molar-refractivity contribution is 7.42. The van der Waals surface area contributed by atoms with E-state index in [1.807, 2.05) is 22.7 Å². The van der Waals surface area contributed by atoms with Crippen LogP contribution in [-0.4, -0.2) is 0 Å². The molecular weight excluding hydrogens is 282 g/mol. The number of nitrogens with zero attached hydrogens (tertiary/aromatic N) is 1. The van der Waals surface area contributed by atoms with Gasteiger partial charge in [0.05, 0.1) is 10.9 Å². The first-order valence-corrected chi connectivity index (χ1v) is 8.25. The zero-order valence-corrected chi connectivity index (χ0v) is 13.0.